The van der Waals surface area contributed by atoms with E-state index in [1.807, 2.05) is 18.2 Å². The van der Waals surface area contributed by atoms with Crippen LogP contribution in [0.15, 0.2) is 77.9 Å². The summed E-state index contributed by atoms with van der Waals surface area (Å²) in [5, 5.41) is 0. The first kappa shape index (κ1) is 30.4. The van der Waals surface area contributed by atoms with E-state index in [-0.39, 0.29) is 11.1 Å². The quantitative estimate of drug-likeness (QED) is 0.325. The Balaban J connectivity index is 0.000000169. The molecule has 2 fully saturated rings. The molecule has 0 N–H and O–H groups in total. The van der Waals surface area contributed by atoms with Crippen LogP contribution < -0.4 is 4.74 Å². The van der Waals surface area contributed by atoms with Crippen LogP contribution in [0.1, 0.15) is 89.2 Å². The van der Waals surface area contributed by atoms with Crippen molar-refractivity contribution >= 4 is 11.6 Å². The highest BCUT2D eigenvalue weighted by atomic mass is 16.5. The van der Waals surface area contributed by atoms with Gasteiger partial charge in [-0.15, -0.1) is 0 Å². The van der Waals surface area contributed by atoms with Crippen LogP contribution in [0, 0.1) is 0 Å². The Morgan fingerprint density at radius 2 is 1.17 bits per heavy atom. The minimum absolute atomic E-state index is 0.275. The van der Waals surface area contributed by atoms with Crippen LogP contribution in [0.5, 0.6) is 5.75 Å². The van der Waals surface area contributed by atoms with Crippen molar-refractivity contribution in [2.24, 2.45) is 0 Å². The fraction of sp³-hybridized carbons (Fsp3) is 0.514. The number of hydrogen-bond acceptors (Lipinski definition) is 5. The number of hydrogen-bond donors (Lipinski definition) is 0. The lowest BCUT2D eigenvalue weighted by molar-refractivity contribution is -0.129. The van der Waals surface area contributed by atoms with E-state index in [0.717, 1.165) is 89.7 Å². The Morgan fingerprint density at radius 3 is 1.62 bits per heavy atom. The predicted molar refractivity (Wildman–Crippen MR) is 169 cm³/mol. The van der Waals surface area contributed by atoms with Gasteiger partial charge in [0.1, 0.15) is 16.8 Å². The van der Waals surface area contributed by atoms with Gasteiger partial charge in [0, 0.05) is 25.9 Å². The number of benzene rings is 2. The van der Waals surface area contributed by atoms with Gasteiger partial charge in [0.15, 0.2) is 11.6 Å². The zero-order valence-corrected chi connectivity index (χ0v) is 25.9. The average molecular weight is 569 g/mol. The molecule has 0 amide bonds. The second-order valence-corrected chi connectivity index (χ2v) is 12.2. The molecule has 4 aliphatic rings. The normalized spacial score (nSPS) is 26.3. The molecule has 2 aromatic carbocycles. The highest BCUT2D eigenvalue weighted by molar-refractivity contribution is 5.94. The molecule has 2 heterocycles. The molecule has 224 valence electrons. The molecule has 0 saturated carbocycles. The molecule has 2 unspecified atom stereocenters. The van der Waals surface area contributed by atoms with Crippen LogP contribution in [-0.2, 0) is 22.7 Å². The van der Waals surface area contributed by atoms with E-state index in [1.165, 1.54) is 22.3 Å². The molecule has 2 aliphatic carbocycles. The van der Waals surface area contributed by atoms with Crippen LogP contribution in [-0.4, -0.2) is 52.6 Å². The van der Waals surface area contributed by atoms with E-state index < -0.39 is 0 Å². The Morgan fingerprint density at radius 1 is 0.690 bits per heavy atom. The maximum atomic E-state index is 12.8. The molecule has 2 aliphatic heterocycles. The number of ketones is 2. The molecule has 5 nitrogen and oxygen atoms in total. The summed E-state index contributed by atoms with van der Waals surface area (Å²) >= 11 is 0. The van der Waals surface area contributed by atoms with Crippen molar-refractivity contribution in [2.75, 3.05) is 20.2 Å². The van der Waals surface area contributed by atoms with E-state index in [9.17, 15) is 9.59 Å². The summed E-state index contributed by atoms with van der Waals surface area (Å²) in [5.41, 5.74) is 4.67. The standard InChI is InChI=1S/C19H25NO2.C18H23NO/c1-3-16-6-4-7-18(21)19(16)12-5-13-20(19)14-15-8-10-17(22-2)11-9-15;1-2-16-10-6-11-17(20)18(16)12-7-13-19(18)14-15-8-4-3-5-9-15/h6,8-11H,3-5,7,12-14H2,1-2H3;3-5,8-10H,2,6-7,11-14H2,1H3. The first-order valence-corrected chi connectivity index (χ1v) is 16.1. The Bertz CT molecular complexity index is 1300. The third-order valence-corrected chi connectivity index (χ3v) is 10.0. The molecule has 2 spiro atoms. The Hall–Kier alpha value is -3.02. The minimum atomic E-state index is -0.313. The molecule has 0 bridgehead atoms. The number of methoxy groups -OCH3 is 1. The molecule has 2 aromatic rings. The molecule has 42 heavy (non-hydrogen) atoms. The van der Waals surface area contributed by atoms with Crippen LogP contribution in [0.25, 0.3) is 0 Å². The first-order chi connectivity index (χ1) is 20.5. The molecule has 6 rings (SSSR count). The number of carbonyl (C=O) groups excluding carboxylic acids is 2. The van der Waals surface area contributed by atoms with Crippen LogP contribution in [0.4, 0.5) is 0 Å². The van der Waals surface area contributed by atoms with E-state index in [0.29, 0.717) is 18.0 Å². The lowest BCUT2D eigenvalue weighted by Crippen LogP contribution is -2.52. The highest BCUT2D eigenvalue weighted by Gasteiger charge is 2.50. The SMILES string of the molecule is CCC1=CCCC(=O)C12CCCN2Cc1ccc(OC)cc1.CCC1=CCCC(=O)C12CCCN2Cc1ccccc1. The molecular weight excluding hydrogens is 520 g/mol. The summed E-state index contributed by atoms with van der Waals surface area (Å²) < 4.78 is 5.22. The summed E-state index contributed by atoms with van der Waals surface area (Å²) in [4.78, 5) is 30.3. The van der Waals surface area contributed by atoms with Gasteiger partial charge in [-0.05, 0) is 98.9 Å². The van der Waals surface area contributed by atoms with Crippen molar-refractivity contribution in [3.8, 4) is 5.75 Å². The van der Waals surface area contributed by atoms with Crippen LogP contribution in [0.2, 0.25) is 0 Å². The lowest BCUT2D eigenvalue weighted by Gasteiger charge is -2.41. The van der Waals surface area contributed by atoms with Gasteiger partial charge in [0.05, 0.1) is 7.11 Å². The molecule has 2 atom stereocenters. The summed E-state index contributed by atoms with van der Waals surface area (Å²) in [7, 11) is 1.68. The van der Waals surface area contributed by atoms with Crippen molar-refractivity contribution in [2.45, 2.75) is 102 Å². The minimum Gasteiger partial charge on any atom is -0.497 e. The van der Waals surface area contributed by atoms with Gasteiger partial charge in [-0.25, -0.2) is 0 Å². The maximum absolute atomic E-state index is 12.8. The lowest BCUT2D eigenvalue weighted by atomic mass is 9.75. The zero-order chi connectivity index (χ0) is 29.6. The number of ether oxygens (including phenoxy) is 1. The van der Waals surface area contributed by atoms with Gasteiger partial charge in [0.2, 0.25) is 0 Å². The predicted octanol–water partition coefficient (Wildman–Crippen LogP) is 7.45. The fourth-order valence-corrected chi connectivity index (χ4v) is 8.03. The van der Waals surface area contributed by atoms with Crippen molar-refractivity contribution in [3.63, 3.8) is 0 Å². The van der Waals surface area contributed by atoms with Gasteiger partial charge in [-0.2, -0.15) is 0 Å². The fourth-order valence-electron chi connectivity index (χ4n) is 8.03. The van der Waals surface area contributed by atoms with E-state index in [1.54, 1.807) is 7.11 Å². The number of Topliss-reactive ketones (excluding diaryl/α,β-unsaturated/α-hetero) is 2. The average Bonchev–Trinajstić information content (AvgIpc) is 3.63. The topological polar surface area (TPSA) is 49.9 Å². The van der Waals surface area contributed by atoms with Gasteiger partial charge >= 0.3 is 0 Å². The number of carbonyl (C=O) groups is 2. The third kappa shape index (κ3) is 5.78. The Kier molecular flexibility index (Phi) is 9.80. The van der Waals surface area contributed by atoms with Gasteiger partial charge in [-0.3, -0.25) is 19.4 Å². The summed E-state index contributed by atoms with van der Waals surface area (Å²) in [5.74, 6) is 1.76. The van der Waals surface area contributed by atoms with Crippen molar-refractivity contribution < 1.29 is 14.3 Å². The van der Waals surface area contributed by atoms with Gasteiger partial charge in [0.25, 0.3) is 0 Å². The number of allylic oxidation sites excluding steroid dienone is 2. The van der Waals surface area contributed by atoms with Crippen molar-refractivity contribution in [1.82, 2.24) is 9.80 Å². The van der Waals surface area contributed by atoms with E-state index in [4.69, 9.17) is 4.74 Å². The molecule has 0 aromatic heterocycles. The summed E-state index contributed by atoms with van der Waals surface area (Å²) in [6.45, 7) is 8.14. The Labute approximate surface area is 252 Å². The number of rotatable bonds is 7. The van der Waals surface area contributed by atoms with Gasteiger partial charge < -0.3 is 4.74 Å². The smallest absolute Gasteiger partial charge is 0.157 e. The second kappa shape index (κ2) is 13.5. The van der Waals surface area contributed by atoms with Crippen molar-refractivity contribution in [1.29, 1.82) is 0 Å². The third-order valence-electron chi connectivity index (χ3n) is 10.0. The van der Waals surface area contributed by atoms with Gasteiger partial charge in [-0.1, -0.05) is 68.5 Å². The molecule has 0 radical (unpaired) electrons. The number of likely N-dealkylation sites (tertiary alicyclic amines) is 2. The summed E-state index contributed by atoms with van der Waals surface area (Å²) in [6.07, 6.45) is 14.1. The zero-order valence-electron chi connectivity index (χ0n) is 25.9. The van der Waals surface area contributed by atoms with E-state index in [2.05, 4.69) is 72.2 Å². The monoisotopic (exact) mass is 568 g/mol. The summed E-state index contributed by atoms with van der Waals surface area (Å²) in [6, 6.07) is 18.7. The molecule has 5 heteroatoms. The maximum Gasteiger partial charge on any atom is 0.157 e. The highest BCUT2D eigenvalue weighted by Crippen LogP contribution is 2.44. The molecule has 2 saturated heterocycles. The van der Waals surface area contributed by atoms with Crippen molar-refractivity contribution in [3.05, 3.63) is 89.0 Å². The second-order valence-electron chi connectivity index (χ2n) is 12.2. The van der Waals surface area contributed by atoms with Crippen LogP contribution in [0.3, 0.4) is 0 Å². The molecular formula is C37H48N2O3. The number of nitrogens with zero attached hydrogens (tertiary/aromatic N) is 2. The van der Waals surface area contributed by atoms with Crippen LogP contribution >= 0.6 is 0 Å². The largest absolute Gasteiger partial charge is 0.497 e. The first-order valence-electron chi connectivity index (χ1n) is 16.1. The van der Waals surface area contributed by atoms with E-state index >= 15 is 0 Å².